The summed E-state index contributed by atoms with van der Waals surface area (Å²) in [7, 11) is 0. The zero-order chi connectivity index (χ0) is 10.8. The van der Waals surface area contributed by atoms with Gasteiger partial charge in [0, 0.05) is 5.02 Å². The summed E-state index contributed by atoms with van der Waals surface area (Å²) in [5, 5.41) is 0.691. The lowest BCUT2D eigenvalue weighted by Crippen LogP contribution is -1.91. The van der Waals surface area contributed by atoms with Crippen LogP contribution in [0.15, 0.2) is 22.5 Å². The summed E-state index contributed by atoms with van der Waals surface area (Å²) in [5.41, 5.74) is 0.901. The van der Waals surface area contributed by atoms with Crippen molar-refractivity contribution < 1.29 is 4.79 Å². The van der Waals surface area contributed by atoms with Gasteiger partial charge in [0.1, 0.15) is 5.78 Å². The highest BCUT2D eigenvalue weighted by molar-refractivity contribution is 8.01. The molecule has 2 rings (SSSR count). The van der Waals surface area contributed by atoms with E-state index in [0.29, 0.717) is 10.8 Å². The maximum absolute atomic E-state index is 10.8. The van der Waals surface area contributed by atoms with E-state index in [1.165, 1.54) is 11.8 Å². The van der Waals surface area contributed by atoms with E-state index in [-0.39, 0.29) is 5.78 Å². The predicted octanol–water partition coefficient (Wildman–Crippen LogP) is 3.63. The lowest BCUT2D eigenvalue weighted by Gasteiger charge is -1.89. The summed E-state index contributed by atoms with van der Waals surface area (Å²) in [6.45, 7) is 1.58. The molecule has 0 aliphatic carbocycles. The van der Waals surface area contributed by atoms with Gasteiger partial charge in [0.15, 0.2) is 4.34 Å². The molecule has 15 heavy (non-hydrogen) atoms. The van der Waals surface area contributed by atoms with Crippen LogP contribution in [0, 0.1) is 0 Å². The van der Waals surface area contributed by atoms with Crippen molar-refractivity contribution in [1.29, 1.82) is 0 Å². The Hall–Kier alpha value is -0.580. The van der Waals surface area contributed by atoms with E-state index in [4.69, 9.17) is 11.6 Å². The molecule has 0 saturated carbocycles. The van der Waals surface area contributed by atoms with Crippen LogP contribution < -0.4 is 0 Å². The third-order valence-corrected chi connectivity index (χ3v) is 4.29. The SMILES string of the molecule is CC(=O)CSc1nc2cc(Cl)ccc2s1. The van der Waals surface area contributed by atoms with Crippen LogP contribution in [0.5, 0.6) is 0 Å². The number of aromatic nitrogens is 1. The number of Topliss-reactive ketones (excluding diaryl/α,β-unsaturated/α-hetero) is 1. The maximum atomic E-state index is 10.8. The van der Waals surface area contributed by atoms with E-state index in [0.717, 1.165) is 14.6 Å². The molecule has 5 heteroatoms. The van der Waals surface area contributed by atoms with Gasteiger partial charge in [0.05, 0.1) is 16.0 Å². The summed E-state index contributed by atoms with van der Waals surface area (Å²) in [6.07, 6.45) is 0. The highest BCUT2D eigenvalue weighted by atomic mass is 35.5. The number of benzene rings is 1. The third-order valence-electron chi connectivity index (χ3n) is 1.73. The molecule has 0 unspecified atom stereocenters. The number of rotatable bonds is 3. The van der Waals surface area contributed by atoms with Crippen molar-refractivity contribution in [3.05, 3.63) is 23.2 Å². The molecule has 0 N–H and O–H groups in total. The summed E-state index contributed by atoms with van der Waals surface area (Å²) >= 11 is 8.92. The van der Waals surface area contributed by atoms with Crippen molar-refractivity contribution in [2.75, 3.05) is 5.75 Å². The van der Waals surface area contributed by atoms with Gasteiger partial charge in [-0.05, 0) is 25.1 Å². The minimum absolute atomic E-state index is 0.164. The molecule has 0 fully saturated rings. The smallest absolute Gasteiger partial charge is 0.151 e. The molecule has 0 saturated heterocycles. The molecular weight excluding hydrogens is 250 g/mol. The number of carbonyl (C=O) groups excluding carboxylic acids is 1. The van der Waals surface area contributed by atoms with Crippen LogP contribution in [0.2, 0.25) is 5.02 Å². The molecule has 0 aliphatic rings. The van der Waals surface area contributed by atoms with Gasteiger partial charge in [-0.3, -0.25) is 4.79 Å². The second kappa shape index (κ2) is 4.51. The molecule has 1 aromatic carbocycles. The number of halogens is 1. The first-order valence-electron chi connectivity index (χ1n) is 4.33. The highest BCUT2D eigenvalue weighted by Gasteiger charge is 2.05. The van der Waals surface area contributed by atoms with Gasteiger partial charge in [0.25, 0.3) is 0 Å². The molecule has 1 heterocycles. The average molecular weight is 258 g/mol. The largest absolute Gasteiger partial charge is 0.299 e. The fourth-order valence-corrected chi connectivity index (χ4v) is 3.12. The van der Waals surface area contributed by atoms with Crippen LogP contribution in [0.3, 0.4) is 0 Å². The molecule has 0 aliphatic heterocycles. The maximum Gasteiger partial charge on any atom is 0.151 e. The molecule has 0 atom stereocenters. The van der Waals surface area contributed by atoms with E-state index < -0.39 is 0 Å². The zero-order valence-corrected chi connectivity index (χ0v) is 10.4. The van der Waals surface area contributed by atoms with Crippen LogP contribution in [0.1, 0.15) is 6.92 Å². The minimum Gasteiger partial charge on any atom is -0.299 e. The monoisotopic (exact) mass is 257 g/mol. The molecule has 1 aromatic heterocycles. The number of nitrogens with zero attached hydrogens (tertiary/aromatic N) is 1. The van der Waals surface area contributed by atoms with Crippen molar-refractivity contribution in [2.45, 2.75) is 11.3 Å². The molecule has 0 spiro atoms. The van der Waals surface area contributed by atoms with Crippen LogP contribution in [0.25, 0.3) is 10.2 Å². The quantitative estimate of drug-likeness (QED) is 0.787. The molecule has 0 amide bonds. The van der Waals surface area contributed by atoms with Crippen LogP contribution in [-0.4, -0.2) is 16.5 Å². The Morgan fingerprint density at radius 2 is 2.40 bits per heavy atom. The van der Waals surface area contributed by atoms with Crippen LogP contribution in [0.4, 0.5) is 0 Å². The van der Waals surface area contributed by atoms with E-state index in [1.54, 1.807) is 18.3 Å². The summed E-state index contributed by atoms with van der Waals surface area (Å²) < 4.78 is 2.02. The second-order valence-electron chi connectivity index (χ2n) is 3.08. The van der Waals surface area contributed by atoms with Gasteiger partial charge in [-0.25, -0.2) is 4.98 Å². The number of thiazole rings is 1. The number of ketones is 1. The standard InChI is InChI=1S/C10H8ClNOS2/c1-6(13)5-14-10-12-8-4-7(11)2-3-9(8)15-10/h2-4H,5H2,1H3. The number of hydrogen-bond donors (Lipinski definition) is 0. The molecule has 78 valence electrons. The Labute approximate surface area is 101 Å². The highest BCUT2D eigenvalue weighted by Crippen LogP contribution is 2.30. The van der Waals surface area contributed by atoms with Crippen LogP contribution >= 0.6 is 34.7 Å². The van der Waals surface area contributed by atoms with Gasteiger partial charge >= 0.3 is 0 Å². The summed E-state index contributed by atoms with van der Waals surface area (Å²) in [5.74, 6) is 0.644. The lowest BCUT2D eigenvalue weighted by molar-refractivity contribution is -0.114. The third kappa shape index (κ3) is 2.71. The van der Waals surface area contributed by atoms with Crippen molar-refractivity contribution >= 4 is 50.7 Å². The minimum atomic E-state index is 0.164. The average Bonchev–Trinajstić information content (AvgIpc) is 2.56. The fourth-order valence-electron chi connectivity index (χ4n) is 1.10. The predicted molar refractivity (Wildman–Crippen MR) is 66.0 cm³/mol. The Bertz CT molecular complexity index is 509. The van der Waals surface area contributed by atoms with Gasteiger partial charge in [-0.15, -0.1) is 11.3 Å². The number of fused-ring (bicyclic) bond motifs is 1. The molecular formula is C10H8ClNOS2. The topological polar surface area (TPSA) is 30.0 Å². The molecule has 0 bridgehead atoms. The first-order valence-corrected chi connectivity index (χ1v) is 6.51. The van der Waals surface area contributed by atoms with Crippen molar-refractivity contribution in [1.82, 2.24) is 4.98 Å². The van der Waals surface area contributed by atoms with Gasteiger partial charge < -0.3 is 0 Å². The second-order valence-corrected chi connectivity index (χ2v) is 5.77. The van der Waals surface area contributed by atoms with Crippen LogP contribution in [-0.2, 0) is 4.79 Å². The fraction of sp³-hybridized carbons (Fsp3) is 0.200. The first-order chi connectivity index (χ1) is 7.15. The zero-order valence-electron chi connectivity index (χ0n) is 7.99. The Balaban J connectivity index is 2.27. The summed E-state index contributed by atoms with van der Waals surface area (Å²) in [4.78, 5) is 15.2. The van der Waals surface area contributed by atoms with E-state index >= 15 is 0 Å². The van der Waals surface area contributed by atoms with Gasteiger partial charge in [-0.1, -0.05) is 23.4 Å². The Kier molecular flexibility index (Phi) is 3.29. The Morgan fingerprint density at radius 1 is 1.60 bits per heavy atom. The number of thioether (sulfide) groups is 1. The van der Waals surface area contributed by atoms with Crippen molar-refractivity contribution in [2.24, 2.45) is 0 Å². The first kappa shape index (κ1) is 10.9. The molecule has 2 nitrogen and oxygen atoms in total. The van der Waals surface area contributed by atoms with Gasteiger partial charge in [-0.2, -0.15) is 0 Å². The van der Waals surface area contributed by atoms with E-state index in [9.17, 15) is 4.79 Å². The Morgan fingerprint density at radius 3 is 3.13 bits per heavy atom. The number of hydrogen-bond acceptors (Lipinski definition) is 4. The van der Waals surface area contributed by atoms with E-state index in [1.807, 2.05) is 18.2 Å². The number of carbonyl (C=O) groups is 1. The molecule has 2 aromatic rings. The van der Waals surface area contributed by atoms with E-state index in [2.05, 4.69) is 4.98 Å². The lowest BCUT2D eigenvalue weighted by atomic mass is 10.3. The summed E-state index contributed by atoms with van der Waals surface area (Å²) in [6, 6.07) is 5.64. The van der Waals surface area contributed by atoms with Crippen molar-refractivity contribution in [3.8, 4) is 0 Å². The normalized spacial score (nSPS) is 10.8. The van der Waals surface area contributed by atoms with Gasteiger partial charge in [0.2, 0.25) is 0 Å². The van der Waals surface area contributed by atoms with Crippen molar-refractivity contribution in [3.63, 3.8) is 0 Å². The molecule has 0 radical (unpaired) electrons.